The van der Waals surface area contributed by atoms with Gasteiger partial charge < -0.3 is 4.74 Å². The maximum Gasteiger partial charge on any atom is 0.186 e. The summed E-state index contributed by atoms with van der Waals surface area (Å²) in [6.07, 6.45) is 0. The van der Waals surface area contributed by atoms with Crippen LogP contribution in [-0.2, 0) is 0 Å². The number of benzene rings is 1. The van der Waals surface area contributed by atoms with Gasteiger partial charge in [-0.15, -0.1) is 11.3 Å². The lowest BCUT2D eigenvalue weighted by Crippen LogP contribution is -2.11. The summed E-state index contributed by atoms with van der Waals surface area (Å²) in [5, 5.41) is 9.36. The standard InChI is InChI=1S/C15H11Cl2NO2S/c1-8-3-4-9(5-12(8)20-2)11(7-18)14(19)10-6-13(16)21-15(10)17/h3-6,11H,1-2H3. The van der Waals surface area contributed by atoms with Gasteiger partial charge in [-0.05, 0) is 30.2 Å². The Balaban J connectivity index is 2.43. The average Bonchev–Trinajstić information content (AvgIpc) is 2.80. The normalized spacial score (nSPS) is 11.8. The van der Waals surface area contributed by atoms with E-state index in [1.807, 2.05) is 19.1 Å². The number of ether oxygens (including phenoxy) is 1. The van der Waals surface area contributed by atoms with Gasteiger partial charge in [-0.2, -0.15) is 5.26 Å². The number of rotatable bonds is 4. The molecule has 0 amide bonds. The lowest BCUT2D eigenvalue weighted by molar-refractivity contribution is 0.0979. The topological polar surface area (TPSA) is 50.1 Å². The zero-order chi connectivity index (χ0) is 15.6. The van der Waals surface area contributed by atoms with Gasteiger partial charge >= 0.3 is 0 Å². The molecule has 3 nitrogen and oxygen atoms in total. The van der Waals surface area contributed by atoms with Crippen molar-refractivity contribution in [2.24, 2.45) is 0 Å². The zero-order valence-corrected chi connectivity index (χ0v) is 13.6. The lowest BCUT2D eigenvalue weighted by Gasteiger charge is -2.11. The molecule has 0 aliphatic carbocycles. The highest BCUT2D eigenvalue weighted by Gasteiger charge is 2.26. The second kappa shape index (κ2) is 6.48. The average molecular weight is 340 g/mol. The molecule has 0 saturated carbocycles. The summed E-state index contributed by atoms with van der Waals surface area (Å²) in [5.74, 6) is -0.672. The highest BCUT2D eigenvalue weighted by atomic mass is 35.5. The molecular weight excluding hydrogens is 329 g/mol. The van der Waals surface area contributed by atoms with Crippen molar-refractivity contribution in [3.05, 3.63) is 49.6 Å². The Labute approximate surface area is 136 Å². The lowest BCUT2D eigenvalue weighted by atomic mass is 9.92. The Morgan fingerprint density at radius 1 is 1.38 bits per heavy atom. The summed E-state index contributed by atoms with van der Waals surface area (Å²) in [5.41, 5.74) is 1.78. The van der Waals surface area contributed by atoms with Crippen LogP contribution in [0.3, 0.4) is 0 Å². The molecule has 1 aromatic carbocycles. The number of nitriles is 1. The van der Waals surface area contributed by atoms with Crippen molar-refractivity contribution in [3.8, 4) is 11.8 Å². The van der Waals surface area contributed by atoms with Crippen LogP contribution in [-0.4, -0.2) is 12.9 Å². The molecule has 21 heavy (non-hydrogen) atoms. The molecule has 0 bridgehead atoms. The number of thiophene rings is 1. The van der Waals surface area contributed by atoms with Gasteiger partial charge in [0.25, 0.3) is 0 Å². The van der Waals surface area contributed by atoms with Crippen molar-refractivity contribution in [2.45, 2.75) is 12.8 Å². The number of hydrogen-bond acceptors (Lipinski definition) is 4. The van der Waals surface area contributed by atoms with E-state index in [1.165, 1.54) is 6.07 Å². The third-order valence-corrected chi connectivity index (χ3v) is 4.57. The summed E-state index contributed by atoms with van der Waals surface area (Å²) in [6.45, 7) is 1.89. The fourth-order valence-electron chi connectivity index (χ4n) is 1.96. The molecule has 2 rings (SSSR count). The molecule has 2 aromatic rings. The summed E-state index contributed by atoms with van der Waals surface area (Å²) in [7, 11) is 1.55. The number of halogens is 2. The number of carbonyl (C=O) groups excluding carboxylic acids is 1. The Kier molecular flexibility index (Phi) is 4.89. The van der Waals surface area contributed by atoms with E-state index in [9.17, 15) is 10.1 Å². The first kappa shape index (κ1) is 15.8. The van der Waals surface area contributed by atoms with Crippen LogP contribution >= 0.6 is 34.5 Å². The molecular formula is C15H11Cl2NO2S. The van der Waals surface area contributed by atoms with Gasteiger partial charge in [-0.3, -0.25) is 4.79 Å². The third kappa shape index (κ3) is 3.21. The molecule has 0 aliphatic heterocycles. The minimum atomic E-state index is -0.942. The van der Waals surface area contributed by atoms with Crippen molar-refractivity contribution in [1.82, 2.24) is 0 Å². The SMILES string of the molecule is COc1cc(C(C#N)C(=O)c2cc(Cl)sc2Cl)ccc1C. The van der Waals surface area contributed by atoms with Crippen LogP contribution in [0.15, 0.2) is 24.3 Å². The van der Waals surface area contributed by atoms with Crippen LogP contribution in [0.5, 0.6) is 5.75 Å². The predicted molar refractivity (Wildman–Crippen MR) is 84.8 cm³/mol. The number of aryl methyl sites for hydroxylation is 1. The van der Waals surface area contributed by atoms with E-state index in [-0.39, 0.29) is 11.3 Å². The number of hydrogen-bond donors (Lipinski definition) is 0. The molecule has 1 unspecified atom stereocenters. The van der Waals surface area contributed by atoms with E-state index in [1.54, 1.807) is 19.2 Å². The minimum Gasteiger partial charge on any atom is -0.496 e. The van der Waals surface area contributed by atoms with Gasteiger partial charge in [0.05, 0.1) is 23.1 Å². The predicted octanol–water partition coefficient (Wildman–Crippen LogP) is 4.86. The van der Waals surface area contributed by atoms with E-state index < -0.39 is 5.92 Å². The minimum absolute atomic E-state index is 0.276. The molecule has 0 saturated heterocycles. The number of methoxy groups -OCH3 is 1. The van der Waals surface area contributed by atoms with Crippen LogP contribution in [0.4, 0.5) is 0 Å². The fourth-order valence-corrected chi connectivity index (χ4v) is 3.44. The monoisotopic (exact) mass is 339 g/mol. The number of nitrogens with zero attached hydrogens (tertiary/aromatic N) is 1. The number of carbonyl (C=O) groups is 1. The summed E-state index contributed by atoms with van der Waals surface area (Å²) < 4.78 is 5.94. The van der Waals surface area contributed by atoms with Crippen molar-refractivity contribution < 1.29 is 9.53 Å². The number of Topliss-reactive ketones (excluding diaryl/α,β-unsaturated/α-hetero) is 1. The fraction of sp³-hybridized carbons (Fsp3) is 0.200. The number of ketones is 1. The molecule has 0 spiro atoms. The van der Waals surface area contributed by atoms with E-state index >= 15 is 0 Å². The molecule has 6 heteroatoms. The molecule has 1 aromatic heterocycles. The van der Waals surface area contributed by atoms with Crippen LogP contribution < -0.4 is 4.74 Å². The quantitative estimate of drug-likeness (QED) is 0.747. The van der Waals surface area contributed by atoms with Gasteiger partial charge in [0.2, 0.25) is 0 Å². The second-order valence-corrected chi connectivity index (χ2v) is 6.68. The highest BCUT2D eigenvalue weighted by molar-refractivity contribution is 7.20. The van der Waals surface area contributed by atoms with E-state index in [4.69, 9.17) is 27.9 Å². The second-order valence-electron chi connectivity index (χ2n) is 4.39. The van der Waals surface area contributed by atoms with Gasteiger partial charge in [0.1, 0.15) is 16.0 Å². The maximum atomic E-state index is 12.5. The Bertz CT molecular complexity index is 734. The molecule has 0 radical (unpaired) electrons. The zero-order valence-electron chi connectivity index (χ0n) is 11.3. The summed E-state index contributed by atoms with van der Waals surface area (Å²) >= 11 is 12.9. The van der Waals surface area contributed by atoms with Crippen molar-refractivity contribution in [2.75, 3.05) is 7.11 Å². The van der Waals surface area contributed by atoms with Gasteiger partial charge in [-0.1, -0.05) is 35.3 Å². The Morgan fingerprint density at radius 3 is 2.62 bits per heavy atom. The molecule has 0 fully saturated rings. The highest BCUT2D eigenvalue weighted by Crippen LogP contribution is 2.35. The Morgan fingerprint density at radius 2 is 2.10 bits per heavy atom. The van der Waals surface area contributed by atoms with Crippen molar-refractivity contribution in [1.29, 1.82) is 5.26 Å². The van der Waals surface area contributed by atoms with Crippen molar-refractivity contribution in [3.63, 3.8) is 0 Å². The largest absolute Gasteiger partial charge is 0.496 e. The summed E-state index contributed by atoms with van der Waals surface area (Å²) in [6, 6.07) is 8.77. The molecule has 1 heterocycles. The van der Waals surface area contributed by atoms with Crippen LogP contribution in [0, 0.1) is 18.3 Å². The van der Waals surface area contributed by atoms with Gasteiger partial charge in [-0.25, -0.2) is 0 Å². The Hall–Kier alpha value is -1.54. The molecule has 108 valence electrons. The third-order valence-electron chi connectivity index (χ3n) is 3.08. The van der Waals surface area contributed by atoms with Crippen LogP contribution in [0.2, 0.25) is 8.67 Å². The molecule has 0 N–H and O–H groups in total. The van der Waals surface area contributed by atoms with Gasteiger partial charge in [0, 0.05) is 0 Å². The van der Waals surface area contributed by atoms with Crippen molar-refractivity contribution >= 4 is 40.3 Å². The van der Waals surface area contributed by atoms with Crippen LogP contribution in [0.25, 0.3) is 0 Å². The smallest absolute Gasteiger partial charge is 0.186 e. The first-order valence-electron chi connectivity index (χ1n) is 6.01. The van der Waals surface area contributed by atoms with E-state index in [0.29, 0.717) is 20.0 Å². The van der Waals surface area contributed by atoms with E-state index in [2.05, 4.69) is 0 Å². The van der Waals surface area contributed by atoms with Gasteiger partial charge in [0.15, 0.2) is 5.78 Å². The van der Waals surface area contributed by atoms with Crippen LogP contribution in [0.1, 0.15) is 27.4 Å². The molecule has 1 atom stereocenters. The first-order chi connectivity index (χ1) is 9.97. The summed E-state index contributed by atoms with van der Waals surface area (Å²) in [4.78, 5) is 12.5. The maximum absolute atomic E-state index is 12.5. The molecule has 0 aliphatic rings. The van der Waals surface area contributed by atoms with E-state index in [0.717, 1.165) is 16.9 Å². The first-order valence-corrected chi connectivity index (χ1v) is 7.58.